The molecule has 3 aromatic rings. The van der Waals surface area contributed by atoms with Crippen molar-refractivity contribution >= 4 is 11.9 Å². The van der Waals surface area contributed by atoms with Crippen molar-refractivity contribution in [2.24, 2.45) is 0 Å². The summed E-state index contributed by atoms with van der Waals surface area (Å²) in [6.07, 6.45) is 1.83. The molecule has 0 fully saturated rings. The van der Waals surface area contributed by atoms with Gasteiger partial charge in [-0.05, 0) is 48.9 Å². The predicted molar refractivity (Wildman–Crippen MR) is 122 cm³/mol. The topological polar surface area (TPSA) is 101 Å². The number of hydrogen-bond donors (Lipinski definition) is 2. The maximum atomic E-state index is 13.3. The lowest BCUT2D eigenvalue weighted by molar-refractivity contribution is 0.0588. The molecule has 7 heteroatoms. The molecule has 0 spiro atoms. The lowest BCUT2D eigenvalue weighted by Crippen LogP contribution is -2.49. The molecule has 1 amide bonds. The number of benzene rings is 2. The predicted octanol–water partition coefficient (Wildman–Crippen LogP) is 2.87. The molecule has 2 aliphatic rings. The highest BCUT2D eigenvalue weighted by Gasteiger charge is 2.42. The minimum Gasteiger partial charge on any atom is -0.501 e. The van der Waals surface area contributed by atoms with Crippen molar-refractivity contribution in [1.82, 2.24) is 14.5 Å². The number of amides is 1. The molecule has 164 valence electrons. The van der Waals surface area contributed by atoms with Crippen molar-refractivity contribution in [3.8, 4) is 5.75 Å². The van der Waals surface area contributed by atoms with Gasteiger partial charge >= 0.3 is 5.56 Å². The Labute approximate surface area is 186 Å². The average Bonchev–Trinajstić information content (AvgIpc) is 2.94. The first-order valence-electron chi connectivity index (χ1n) is 11.0. The van der Waals surface area contributed by atoms with Gasteiger partial charge in [0.05, 0.1) is 6.04 Å². The molecular weight excluding hydrogens is 404 g/mol. The highest BCUT2D eigenvalue weighted by Crippen LogP contribution is 2.45. The Hall–Kier alpha value is -3.61. The molecule has 0 radical (unpaired) electrons. The van der Waals surface area contributed by atoms with Crippen LogP contribution in [0.1, 0.15) is 58.5 Å². The molecule has 0 saturated carbocycles. The largest absolute Gasteiger partial charge is 0.501 e. The first-order chi connectivity index (χ1) is 15.4. The second kappa shape index (κ2) is 7.51. The molecule has 2 aromatic carbocycles. The SMILES string of the molecule is CC(C)N1C[C@H](C2c3ccccc3CCc3ccccc32)n2c(N)nc(=O)c(O)c2C1=O. The zero-order valence-electron chi connectivity index (χ0n) is 18.2. The number of hydrogen-bond acceptors (Lipinski definition) is 5. The Morgan fingerprint density at radius 2 is 1.56 bits per heavy atom. The quantitative estimate of drug-likeness (QED) is 0.651. The Balaban J connectivity index is 1.82. The summed E-state index contributed by atoms with van der Waals surface area (Å²) < 4.78 is 1.58. The van der Waals surface area contributed by atoms with Crippen LogP contribution in [0.15, 0.2) is 53.3 Å². The molecule has 32 heavy (non-hydrogen) atoms. The first kappa shape index (κ1) is 20.3. The van der Waals surface area contributed by atoms with E-state index < -0.39 is 17.2 Å². The molecular formula is C25H26N4O3. The summed E-state index contributed by atoms with van der Waals surface area (Å²) in [6, 6.07) is 16.3. The van der Waals surface area contributed by atoms with Crippen LogP contribution in [0.25, 0.3) is 0 Å². The van der Waals surface area contributed by atoms with E-state index in [0.717, 1.165) is 12.8 Å². The molecule has 0 saturated heterocycles. The third-order valence-electron chi connectivity index (χ3n) is 6.76. The first-order valence-corrected chi connectivity index (χ1v) is 11.0. The molecule has 2 heterocycles. The molecule has 1 aliphatic heterocycles. The van der Waals surface area contributed by atoms with E-state index >= 15 is 0 Å². The van der Waals surface area contributed by atoms with Gasteiger partial charge in [0.25, 0.3) is 5.91 Å². The monoisotopic (exact) mass is 430 g/mol. The molecule has 5 rings (SSSR count). The minimum atomic E-state index is -0.881. The number of aromatic hydroxyl groups is 1. The van der Waals surface area contributed by atoms with Crippen LogP contribution in [0.5, 0.6) is 5.75 Å². The number of aromatic nitrogens is 2. The fraction of sp³-hybridized carbons (Fsp3) is 0.320. The molecule has 0 unspecified atom stereocenters. The number of nitrogens with two attached hydrogens (primary N) is 1. The van der Waals surface area contributed by atoms with Crippen molar-refractivity contribution < 1.29 is 9.90 Å². The van der Waals surface area contributed by atoms with Crippen LogP contribution >= 0.6 is 0 Å². The van der Waals surface area contributed by atoms with Crippen molar-refractivity contribution in [3.63, 3.8) is 0 Å². The maximum Gasteiger partial charge on any atom is 0.317 e. The van der Waals surface area contributed by atoms with E-state index in [4.69, 9.17) is 5.73 Å². The highest BCUT2D eigenvalue weighted by atomic mass is 16.3. The van der Waals surface area contributed by atoms with E-state index in [-0.39, 0.29) is 29.6 Å². The normalized spacial score (nSPS) is 18.2. The van der Waals surface area contributed by atoms with E-state index in [1.165, 1.54) is 22.3 Å². The van der Waals surface area contributed by atoms with Crippen molar-refractivity contribution in [3.05, 3.63) is 86.8 Å². The number of rotatable bonds is 2. The Kier molecular flexibility index (Phi) is 4.77. The number of anilines is 1. The van der Waals surface area contributed by atoms with Gasteiger partial charge in [0.1, 0.15) is 0 Å². The van der Waals surface area contributed by atoms with E-state index in [9.17, 15) is 14.7 Å². The third-order valence-corrected chi connectivity index (χ3v) is 6.76. The van der Waals surface area contributed by atoms with E-state index in [1.807, 2.05) is 38.1 Å². The molecule has 0 bridgehead atoms. The van der Waals surface area contributed by atoms with Crippen LogP contribution in [0.2, 0.25) is 0 Å². The zero-order valence-corrected chi connectivity index (χ0v) is 18.2. The van der Waals surface area contributed by atoms with Gasteiger partial charge in [-0.15, -0.1) is 0 Å². The Bertz CT molecular complexity index is 1230. The fourth-order valence-electron chi connectivity index (χ4n) is 5.26. The van der Waals surface area contributed by atoms with Crippen LogP contribution in [0.4, 0.5) is 5.95 Å². The van der Waals surface area contributed by atoms with Crippen LogP contribution in [0.3, 0.4) is 0 Å². The lowest BCUT2D eigenvalue weighted by atomic mass is 9.81. The second-order valence-electron chi connectivity index (χ2n) is 8.84. The number of carbonyl (C=O) groups is 1. The van der Waals surface area contributed by atoms with Gasteiger partial charge < -0.3 is 15.7 Å². The number of nitrogen functional groups attached to an aromatic ring is 1. The fourth-order valence-corrected chi connectivity index (χ4v) is 5.26. The van der Waals surface area contributed by atoms with Gasteiger partial charge in [-0.3, -0.25) is 14.2 Å². The standard InChI is InChI=1S/C25H26N4O3/c1-14(2)28-13-19(29-21(24(28)32)22(30)23(31)27-25(29)26)20-17-9-5-3-7-15(17)11-12-16-8-4-6-10-18(16)20/h3-10,14,19-20,30H,11-13H2,1-2H3,(H2,26,27,31)/t19-/m1/s1. The third kappa shape index (κ3) is 2.99. The second-order valence-corrected chi connectivity index (χ2v) is 8.84. The Morgan fingerprint density at radius 1 is 1.00 bits per heavy atom. The van der Waals surface area contributed by atoms with E-state index in [2.05, 4.69) is 29.2 Å². The van der Waals surface area contributed by atoms with Gasteiger partial charge in [0, 0.05) is 18.5 Å². The maximum absolute atomic E-state index is 13.3. The van der Waals surface area contributed by atoms with Crippen LogP contribution in [0, 0.1) is 0 Å². The molecule has 1 aliphatic carbocycles. The van der Waals surface area contributed by atoms with Gasteiger partial charge in [-0.2, -0.15) is 4.98 Å². The summed E-state index contributed by atoms with van der Waals surface area (Å²) in [5.74, 6) is -1.22. The van der Waals surface area contributed by atoms with Crippen molar-refractivity contribution in [2.75, 3.05) is 12.3 Å². The smallest absolute Gasteiger partial charge is 0.317 e. The zero-order chi connectivity index (χ0) is 22.6. The Morgan fingerprint density at radius 3 is 2.12 bits per heavy atom. The van der Waals surface area contributed by atoms with Gasteiger partial charge in [0.15, 0.2) is 5.69 Å². The number of carbonyl (C=O) groups excluding carboxylic acids is 1. The van der Waals surface area contributed by atoms with Gasteiger partial charge in [0.2, 0.25) is 11.7 Å². The minimum absolute atomic E-state index is 0.0521. The van der Waals surface area contributed by atoms with Gasteiger partial charge in [-0.1, -0.05) is 48.5 Å². The number of fused-ring (bicyclic) bond motifs is 3. The summed E-state index contributed by atoms with van der Waals surface area (Å²) in [6.45, 7) is 4.25. The van der Waals surface area contributed by atoms with E-state index in [1.54, 1.807) is 9.47 Å². The molecule has 3 N–H and O–H groups in total. The van der Waals surface area contributed by atoms with Crippen LogP contribution < -0.4 is 11.3 Å². The molecule has 1 aromatic heterocycles. The van der Waals surface area contributed by atoms with Crippen LogP contribution in [-0.2, 0) is 12.8 Å². The molecule has 1 atom stereocenters. The summed E-state index contributed by atoms with van der Waals surface area (Å²) in [4.78, 5) is 31.1. The summed E-state index contributed by atoms with van der Waals surface area (Å²) in [5, 5.41) is 10.6. The van der Waals surface area contributed by atoms with E-state index in [0.29, 0.717) is 6.54 Å². The number of aryl methyl sites for hydroxylation is 2. The van der Waals surface area contributed by atoms with Gasteiger partial charge in [-0.25, -0.2) is 0 Å². The summed E-state index contributed by atoms with van der Waals surface area (Å²) >= 11 is 0. The average molecular weight is 431 g/mol. The molecule has 7 nitrogen and oxygen atoms in total. The van der Waals surface area contributed by atoms with Crippen molar-refractivity contribution in [2.45, 2.75) is 44.7 Å². The summed E-state index contributed by atoms with van der Waals surface area (Å²) in [7, 11) is 0. The number of nitrogens with zero attached hydrogens (tertiary/aromatic N) is 3. The summed E-state index contributed by atoms with van der Waals surface area (Å²) in [5.41, 5.74) is 10.1. The van der Waals surface area contributed by atoms with Crippen LogP contribution in [-0.4, -0.2) is 38.1 Å². The lowest BCUT2D eigenvalue weighted by Gasteiger charge is -2.42. The van der Waals surface area contributed by atoms with Crippen molar-refractivity contribution in [1.29, 1.82) is 0 Å². The highest BCUT2D eigenvalue weighted by molar-refractivity contribution is 5.96.